The van der Waals surface area contributed by atoms with Crippen LogP contribution in [-0.4, -0.2) is 37.1 Å². The van der Waals surface area contributed by atoms with E-state index in [1.54, 1.807) is 0 Å². The van der Waals surface area contributed by atoms with Crippen LogP contribution < -0.4 is 5.32 Å². The number of hydrogen-bond acceptors (Lipinski definition) is 3. The molecule has 0 saturated heterocycles. The fraction of sp³-hybridized carbons (Fsp3) is 0.882. The molecule has 7 heteroatoms. The Morgan fingerprint density at radius 2 is 1.96 bits per heavy atom. The molecule has 2 saturated carbocycles. The van der Waals surface area contributed by atoms with E-state index in [1.807, 2.05) is 6.92 Å². The number of carbonyl (C=O) groups is 2. The number of hydrogen-bond donors (Lipinski definition) is 1. The molecular formula is C17H26F3NO3. The molecule has 4 nitrogen and oxygen atoms in total. The molecule has 0 aromatic rings. The van der Waals surface area contributed by atoms with E-state index >= 15 is 0 Å². The molecule has 0 bridgehead atoms. The molecule has 138 valence electrons. The summed E-state index contributed by atoms with van der Waals surface area (Å²) in [5, 5.41) is 2.88. The van der Waals surface area contributed by atoms with Crippen molar-refractivity contribution >= 4 is 11.7 Å². The zero-order valence-corrected chi connectivity index (χ0v) is 14.0. The van der Waals surface area contributed by atoms with Crippen LogP contribution in [0.5, 0.6) is 0 Å². The van der Waals surface area contributed by atoms with Gasteiger partial charge in [0, 0.05) is 31.2 Å². The van der Waals surface area contributed by atoms with Crippen LogP contribution in [0.1, 0.15) is 51.9 Å². The van der Waals surface area contributed by atoms with Gasteiger partial charge in [-0.05, 0) is 25.2 Å². The maximum Gasteiger partial charge on any atom is 0.411 e. The second-order valence-corrected chi connectivity index (χ2v) is 7.12. The molecule has 0 aromatic heterocycles. The highest BCUT2D eigenvalue weighted by Crippen LogP contribution is 2.30. The first-order valence-corrected chi connectivity index (χ1v) is 8.74. The first kappa shape index (κ1) is 19.2. The maximum atomic E-state index is 12.3. The zero-order chi connectivity index (χ0) is 17.7. The summed E-state index contributed by atoms with van der Waals surface area (Å²) in [7, 11) is 0. The quantitative estimate of drug-likeness (QED) is 0.829. The topological polar surface area (TPSA) is 55.4 Å². The second kappa shape index (κ2) is 8.32. The summed E-state index contributed by atoms with van der Waals surface area (Å²) in [4.78, 5) is 23.7. The normalized spacial score (nSPS) is 31.8. The predicted molar refractivity (Wildman–Crippen MR) is 82.3 cm³/mol. The molecule has 0 aromatic carbocycles. The standard InChI is InChI=1S/C17H26F3NO3/c1-11-8-13(22)6-7-14(11)16(23)21-9-12-4-2-3-5-15(12)24-10-17(18,19)20/h11-12,14-15H,2-10H2,1H3,(H,21,23)/t11-,12+,14+,15-/m1/s1. The van der Waals surface area contributed by atoms with Crippen molar-refractivity contribution < 1.29 is 27.5 Å². The van der Waals surface area contributed by atoms with Crippen molar-refractivity contribution in [3.63, 3.8) is 0 Å². The van der Waals surface area contributed by atoms with Crippen molar-refractivity contribution in [1.82, 2.24) is 5.32 Å². The first-order valence-electron chi connectivity index (χ1n) is 8.74. The van der Waals surface area contributed by atoms with Gasteiger partial charge in [0.15, 0.2) is 0 Å². The smallest absolute Gasteiger partial charge is 0.368 e. The van der Waals surface area contributed by atoms with Gasteiger partial charge in [0.2, 0.25) is 5.91 Å². The molecule has 2 aliphatic rings. The van der Waals surface area contributed by atoms with E-state index in [0.29, 0.717) is 32.2 Å². The highest BCUT2D eigenvalue weighted by atomic mass is 19.4. The molecular weight excluding hydrogens is 323 g/mol. The number of rotatable bonds is 5. The molecule has 0 unspecified atom stereocenters. The van der Waals surface area contributed by atoms with Crippen LogP contribution in [0.25, 0.3) is 0 Å². The molecule has 1 N–H and O–H groups in total. The molecule has 2 fully saturated rings. The Labute approximate surface area is 140 Å². The van der Waals surface area contributed by atoms with Gasteiger partial charge in [0.05, 0.1) is 6.10 Å². The molecule has 1 amide bonds. The van der Waals surface area contributed by atoms with E-state index in [-0.39, 0.29) is 29.4 Å². The lowest BCUT2D eigenvalue weighted by Crippen LogP contribution is -2.43. The van der Waals surface area contributed by atoms with E-state index in [0.717, 1.165) is 19.3 Å². The van der Waals surface area contributed by atoms with Crippen LogP contribution >= 0.6 is 0 Å². The van der Waals surface area contributed by atoms with Gasteiger partial charge in [-0.2, -0.15) is 13.2 Å². The van der Waals surface area contributed by atoms with Crippen molar-refractivity contribution in [2.24, 2.45) is 17.8 Å². The third-order valence-corrected chi connectivity index (χ3v) is 5.15. The van der Waals surface area contributed by atoms with Gasteiger partial charge in [-0.3, -0.25) is 9.59 Å². The SMILES string of the molecule is C[C@@H]1CC(=O)CC[C@@H]1C(=O)NC[C@@H]1CCCC[C@H]1OCC(F)(F)F. The molecule has 0 heterocycles. The molecule has 0 radical (unpaired) electrons. The molecule has 4 atom stereocenters. The summed E-state index contributed by atoms with van der Waals surface area (Å²) in [6, 6.07) is 0. The number of ketones is 1. The van der Waals surface area contributed by atoms with E-state index < -0.39 is 18.9 Å². The lowest BCUT2D eigenvalue weighted by Gasteiger charge is -2.33. The Hall–Kier alpha value is -1.11. The van der Waals surface area contributed by atoms with Gasteiger partial charge in [0.25, 0.3) is 0 Å². The van der Waals surface area contributed by atoms with Crippen LogP contribution in [0.3, 0.4) is 0 Å². The average Bonchev–Trinajstić information content (AvgIpc) is 2.50. The highest BCUT2D eigenvalue weighted by molar-refractivity contribution is 5.85. The summed E-state index contributed by atoms with van der Waals surface area (Å²) in [6.07, 6.45) is -0.185. The Bertz CT molecular complexity index is 453. The lowest BCUT2D eigenvalue weighted by molar-refractivity contribution is -0.193. The summed E-state index contributed by atoms with van der Waals surface area (Å²) in [6.45, 7) is 1.01. The zero-order valence-electron chi connectivity index (χ0n) is 14.0. The van der Waals surface area contributed by atoms with Crippen LogP contribution in [0.15, 0.2) is 0 Å². The Kier molecular flexibility index (Phi) is 6.66. The minimum Gasteiger partial charge on any atom is -0.368 e. The molecule has 0 spiro atoms. The molecule has 24 heavy (non-hydrogen) atoms. The summed E-state index contributed by atoms with van der Waals surface area (Å²) < 4.78 is 42.1. The van der Waals surface area contributed by atoms with Crippen molar-refractivity contribution in [2.75, 3.05) is 13.2 Å². The van der Waals surface area contributed by atoms with Gasteiger partial charge < -0.3 is 10.1 Å². The Morgan fingerprint density at radius 3 is 2.62 bits per heavy atom. The average molecular weight is 349 g/mol. The summed E-state index contributed by atoms with van der Waals surface area (Å²) in [5.41, 5.74) is 0. The summed E-state index contributed by atoms with van der Waals surface area (Å²) >= 11 is 0. The van der Waals surface area contributed by atoms with Crippen molar-refractivity contribution in [3.05, 3.63) is 0 Å². The van der Waals surface area contributed by atoms with Crippen LogP contribution in [0.2, 0.25) is 0 Å². The minimum atomic E-state index is -4.32. The third-order valence-electron chi connectivity index (χ3n) is 5.15. The number of amides is 1. The van der Waals surface area contributed by atoms with Gasteiger partial charge in [-0.25, -0.2) is 0 Å². The van der Waals surface area contributed by atoms with Crippen LogP contribution in [0, 0.1) is 17.8 Å². The third kappa shape index (κ3) is 5.76. The predicted octanol–water partition coefficient (Wildman–Crippen LogP) is 3.25. The Morgan fingerprint density at radius 1 is 1.25 bits per heavy atom. The number of carbonyl (C=O) groups excluding carboxylic acids is 2. The van der Waals surface area contributed by atoms with E-state index in [9.17, 15) is 22.8 Å². The molecule has 2 rings (SSSR count). The summed E-state index contributed by atoms with van der Waals surface area (Å²) in [5.74, 6) is -0.129. The largest absolute Gasteiger partial charge is 0.411 e. The number of halogens is 3. The van der Waals surface area contributed by atoms with E-state index in [4.69, 9.17) is 4.74 Å². The van der Waals surface area contributed by atoms with Crippen molar-refractivity contribution in [1.29, 1.82) is 0 Å². The fourth-order valence-corrected chi connectivity index (χ4v) is 3.78. The highest BCUT2D eigenvalue weighted by Gasteiger charge is 2.35. The number of alkyl halides is 3. The van der Waals surface area contributed by atoms with Gasteiger partial charge in [-0.1, -0.05) is 19.8 Å². The minimum absolute atomic E-state index is 0.0230. The molecule has 0 aliphatic heterocycles. The monoisotopic (exact) mass is 349 g/mol. The number of Topliss-reactive ketones (excluding diaryl/α,β-unsaturated/α-hetero) is 1. The maximum absolute atomic E-state index is 12.3. The van der Waals surface area contributed by atoms with Gasteiger partial charge in [-0.15, -0.1) is 0 Å². The van der Waals surface area contributed by atoms with Crippen molar-refractivity contribution in [2.45, 2.75) is 64.1 Å². The van der Waals surface area contributed by atoms with Crippen molar-refractivity contribution in [3.8, 4) is 0 Å². The van der Waals surface area contributed by atoms with E-state index in [1.165, 1.54) is 0 Å². The molecule has 2 aliphatic carbocycles. The Balaban J connectivity index is 1.82. The van der Waals surface area contributed by atoms with Crippen LogP contribution in [0.4, 0.5) is 13.2 Å². The van der Waals surface area contributed by atoms with Gasteiger partial charge >= 0.3 is 6.18 Å². The van der Waals surface area contributed by atoms with E-state index in [2.05, 4.69) is 5.32 Å². The first-order chi connectivity index (χ1) is 11.3. The number of nitrogens with one attached hydrogen (secondary N) is 1. The lowest BCUT2D eigenvalue weighted by atomic mass is 9.79. The van der Waals surface area contributed by atoms with Crippen LogP contribution in [-0.2, 0) is 14.3 Å². The fourth-order valence-electron chi connectivity index (χ4n) is 3.78. The van der Waals surface area contributed by atoms with Gasteiger partial charge in [0.1, 0.15) is 12.4 Å². The second-order valence-electron chi connectivity index (χ2n) is 7.12. The number of ether oxygens (including phenoxy) is 1.